The van der Waals surface area contributed by atoms with Crippen LogP contribution in [0.25, 0.3) is 16.5 Å². The number of carbonyl (C=O) groups excluding carboxylic acids is 1. The van der Waals surface area contributed by atoms with Gasteiger partial charge in [0.1, 0.15) is 5.75 Å². The minimum absolute atomic E-state index is 0.0341. The third-order valence-corrected chi connectivity index (χ3v) is 5.46. The summed E-state index contributed by atoms with van der Waals surface area (Å²) in [6.45, 7) is 2.97. The van der Waals surface area contributed by atoms with E-state index in [9.17, 15) is 10.1 Å². The second-order valence-electron chi connectivity index (χ2n) is 7.37. The zero-order chi connectivity index (χ0) is 20.9. The van der Waals surface area contributed by atoms with E-state index in [1.165, 1.54) is 0 Å². The molecular weight excluding hydrogens is 374 g/mol. The van der Waals surface area contributed by atoms with Crippen LogP contribution in [-0.4, -0.2) is 35.0 Å². The Morgan fingerprint density at radius 2 is 1.83 bits per heavy atom. The molecule has 5 nitrogen and oxygen atoms in total. The van der Waals surface area contributed by atoms with Crippen LogP contribution in [0.5, 0.6) is 5.75 Å². The van der Waals surface area contributed by atoms with Crippen LogP contribution in [-0.2, 0) is 4.79 Å². The molecule has 3 aromatic rings. The highest BCUT2D eigenvalue weighted by Gasteiger charge is 2.26. The van der Waals surface area contributed by atoms with Gasteiger partial charge in [0, 0.05) is 24.7 Å². The van der Waals surface area contributed by atoms with Gasteiger partial charge in [-0.05, 0) is 55.2 Å². The van der Waals surface area contributed by atoms with E-state index in [1.807, 2.05) is 65.6 Å². The van der Waals surface area contributed by atoms with E-state index in [4.69, 9.17) is 4.74 Å². The molecule has 2 heterocycles. The smallest absolute Gasteiger partial charge is 0.263 e. The number of allylic oxidation sites excluding steroid dienone is 1. The van der Waals surface area contributed by atoms with Crippen molar-refractivity contribution in [1.82, 2.24) is 9.88 Å². The number of nitriles is 1. The Morgan fingerprint density at radius 3 is 2.57 bits per heavy atom. The summed E-state index contributed by atoms with van der Waals surface area (Å²) in [4.78, 5) is 19.1. The van der Waals surface area contributed by atoms with Crippen LogP contribution in [0.3, 0.4) is 0 Å². The Kier molecular flexibility index (Phi) is 5.76. The van der Waals surface area contributed by atoms with Crippen LogP contribution in [0.1, 0.15) is 25.3 Å². The van der Waals surface area contributed by atoms with Gasteiger partial charge in [-0.2, -0.15) is 5.26 Å². The summed E-state index contributed by atoms with van der Waals surface area (Å²) < 4.78 is 6.01. The van der Waals surface area contributed by atoms with Gasteiger partial charge in [-0.3, -0.25) is 9.78 Å². The molecule has 1 atom stereocenters. The van der Waals surface area contributed by atoms with E-state index >= 15 is 0 Å². The summed E-state index contributed by atoms with van der Waals surface area (Å²) in [6, 6.07) is 21.6. The maximum Gasteiger partial charge on any atom is 0.263 e. The van der Waals surface area contributed by atoms with Crippen molar-refractivity contribution < 1.29 is 9.53 Å². The molecule has 1 aliphatic rings. The number of hydrogen-bond donors (Lipinski definition) is 0. The normalized spacial score (nSPS) is 14.8. The fourth-order valence-corrected chi connectivity index (χ4v) is 3.88. The fraction of sp³-hybridized carbons (Fsp3) is 0.240. The number of piperidine rings is 1. The minimum Gasteiger partial charge on any atom is -0.480 e. The molecule has 1 aromatic heterocycles. The molecule has 0 spiro atoms. The lowest BCUT2D eigenvalue weighted by Gasteiger charge is -2.31. The SMILES string of the molecule is CC(Oc1cccc2ncccc12)C(=O)N1CCC(=C(C#N)c2ccccc2)CC1. The Balaban J connectivity index is 1.44. The van der Waals surface area contributed by atoms with Crippen LogP contribution < -0.4 is 4.74 Å². The average molecular weight is 397 g/mol. The van der Waals surface area contributed by atoms with Crippen molar-refractivity contribution in [2.24, 2.45) is 0 Å². The van der Waals surface area contributed by atoms with Gasteiger partial charge in [0.25, 0.3) is 5.91 Å². The lowest BCUT2D eigenvalue weighted by Crippen LogP contribution is -2.43. The predicted molar refractivity (Wildman–Crippen MR) is 117 cm³/mol. The third kappa shape index (κ3) is 4.04. The van der Waals surface area contributed by atoms with Gasteiger partial charge in [0.15, 0.2) is 6.10 Å². The van der Waals surface area contributed by atoms with Crippen molar-refractivity contribution in [3.8, 4) is 11.8 Å². The monoisotopic (exact) mass is 397 g/mol. The summed E-state index contributed by atoms with van der Waals surface area (Å²) in [7, 11) is 0. The van der Waals surface area contributed by atoms with Crippen molar-refractivity contribution >= 4 is 22.4 Å². The molecule has 0 radical (unpaired) electrons. The lowest BCUT2D eigenvalue weighted by molar-refractivity contribution is -0.138. The van der Waals surface area contributed by atoms with Gasteiger partial charge < -0.3 is 9.64 Å². The Morgan fingerprint density at radius 1 is 1.07 bits per heavy atom. The highest BCUT2D eigenvalue weighted by molar-refractivity contribution is 5.86. The third-order valence-electron chi connectivity index (χ3n) is 5.46. The Bertz CT molecular complexity index is 1120. The second kappa shape index (κ2) is 8.79. The molecule has 30 heavy (non-hydrogen) atoms. The molecule has 0 aliphatic carbocycles. The first-order valence-corrected chi connectivity index (χ1v) is 10.1. The number of aromatic nitrogens is 1. The van der Waals surface area contributed by atoms with Crippen molar-refractivity contribution in [1.29, 1.82) is 5.26 Å². The van der Waals surface area contributed by atoms with Crippen LogP contribution in [0.2, 0.25) is 0 Å². The number of rotatable bonds is 4. The van der Waals surface area contributed by atoms with Gasteiger partial charge in [0.05, 0.1) is 17.2 Å². The molecule has 1 aliphatic heterocycles. The second-order valence-corrected chi connectivity index (χ2v) is 7.37. The average Bonchev–Trinajstić information content (AvgIpc) is 2.80. The van der Waals surface area contributed by atoms with Gasteiger partial charge in [-0.1, -0.05) is 36.4 Å². The molecule has 2 aromatic carbocycles. The van der Waals surface area contributed by atoms with Gasteiger partial charge >= 0.3 is 0 Å². The highest BCUT2D eigenvalue weighted by Crippen LogP contribution is 2.28. The van der Waals surface area contributed by atoms with E-state index in [-0.39, 0.29) is 5.91 Å². The summed E-state index contributed by atoms with van der Waals surface area (Å²) in [5.74, 6) is 0.628. The number of benzene rings is 2. The zero-order valence-electron chi connectivity index (χ0n) is 16.9. The largest absolute Gasteiger partial charge is 0.480 e. The summed E-state index contributed by atoms with van der Waals surface area (Å²) in [5, 5.41) is 10.5. The van der Waals surface area contributed by atoms with Crippen LogP contribution in [0.15, 0.2) is 72.4 Å². The summed E-state index contributed by atoms with van der Waals surface area (Å²) in [6.07, 6.45) is 2.55. The van der Waals surface area contributed by atoms with Crippen LogP contribution in [0.4, 0.5) is 0 Å². The number of nitrogens with zero attached hydrogens (tertiary/aromatic N) is 3. The summed E-state index contributed by atoms with van der Waals surface area (Å²) >= 11 is 0. The number of carbonyl (C=O) groups is 1. The maximum atomic E-state index is 13.0. The Labute approximate surface area is 176 Å². The van der Waals surface area contributed by atoms with Crippen LogP contribution in [0, 0.1) is 11.3 Å². The number of likely N-dealkylation sites (tertiary alicyclic amines) is 1. The number of fused-ring (bicyclic) bond motifs is 1. The molecule has 1 amide bonds. The van der Waals surface area contributed by atoms with Crippen molar-refractivity contribution in [3.05, 3.63) is 78.0 Å². The number of hydrogen-bond acceptors (Lipinski definition) is 4. The molecule has 0 bridgehead atoms. The first-order chi connectivity index (χ1) is 14.7. The van der Waals surface area contributed by atoms with Crippen molar-refractivity contribution in [3.63, 3.8) is 0 Å². The summed E-state index contributed by atoms with van der Waals surface area (Å²) in [5.41, 5.74) is 3.63. The first kappa shape index (κ1) is 19.7. The standard InChI is InChI=1S/C25H23N3O2/c1-18(30-24-11-5-10-23-21(24)9-6-14-27-23)25(29)28-15-12-20(13-16-28)22(17-26)19-7-3-2-4-8-19/h2-11,14,18H,12-13,15-16H2,1H3. The Hall–Kier alpha value is -3.65. The lowest BCUT2D eigenvalue weighted by atomic mass is 9.94. The van der Waals surface area contributed by atoms with E-state index in [2.05, 4.69) is 11.1 Å². The number of ether oxygens (including phenoxy) is 1. The van der Waals surface area contributed by atoms with Crippen molar-refractivity contribution in [2.75, 3.05) is 13.1 Å². The predicted octanol–water partition coefficient (Wildman–Crippen LogP) is 4.60. The van der Waals surface area contributed by atoms with E-state index in [0.717, 1.165) is 27.6 Å². The first-order valence-electron chi connectivity index (χ1n) is 10.1. The molecule has 1 unspecified atom stereocenters. The zero-order valence-corrected chi connectivity index (χ0v) is 16.9. The quantitative estimate of drug-likeness (QED) is 0.604. The van der Waals surface area contributed by atoms with Gasteiger partial charge in [-0.15, -0.1) is 0 Å². The molecule has 0 saturated carbocycles. The number of amides is 1. The topological polar surface area (TPSA) is 66.2 Å². The highest BCUT2D eigenvalue weighted by atomic mass is 16.5. The maximum absolute atomic E-state index is 13.0. The molecule has 4 rings (SSSR count). The molecule has 5 heteroatoms. The molecule has 150 valence electrons. The molecule has 1 fully saturated rings. The molecule has 0 N–H and O–H groups in total. The molecular formula is C25H23N3O2. The van der Waals surface area contributed by atoms with E-state index in [0.29, 0.717) is 31.7 Å². The minimum atomic E-state index is -0.592. The van der Waals surface area contributed by atoms with E-state index in [1.54, 1.807) is 13.1 Å². The fourth-order valence-electron chi connectivity index (χ4n) is 3.88. The molecule has 1 saturated heterocycles. The van der Waals surface area contributed by atoms with Crippen molar-refractivity contribution in [2.45, 2.75) is 25.9 Å². The van der Waals surface area contributed by atoms with E-state index < -0.39 is 6.10 Å². The van der Waals surface area contributed by atoms with Gasteiger partial charge in [-0.25, -0.2) is 0 Å². The van der Waals surface area contributed by atoms with Crippen LogP contribution >= 0.6 is 0 Å². The number of pyridine rings is 1. The van der Waals surface area contributed by atoms with Gasteiger partial charge in [0.2, 0.25) is 0 Å².